The summed E-state index contributed by atoms with van der Waals surface area (Å²) in [5.41, 5.74) is 0. The van der Waals surface area contributed by atoms with Gasteiger partial charge in [0.05, 0.1) is 0 Å². The topological polar surface area (TPSA) is 12.0 Å². The highest BCUT2D eigenvalue weighted by atomic mass is 32.2. The van der Waals surface area contributed by atoms with Crippen LogP contribution >= 0.6 is 11.8 Å². The monoisotopic (exact) mass is 243 g/mol. The number of hydrogen-bond donors (Lipinski definition) is 1. The van der Waals surface area contributed by atoms with Gasteiger partial charge in [0.1, 0.15) is 0 Å². The molecule has 1 N–H and O–H groups in total. The zero-order valence-electron chi connectivity index (χ0n) is 11.5. The van der Waals surface area contributed by atoms with Crippen LogP contribution in [0.3, 0.4) is 0 Å². The third-order valence-electron chi connectivity index (χ3n) is 4.14. The van der Waals surface area contributed by atoms with Crippen LogP contribution in [0.1, 0.15) is 52.9 Å². The van der Waals surface area contributed by atoms with E-state index >= 15 is 0 Å². The van der Waals surface area contributed by atoms with Crippen molar-refractivity contribution in [3.63, 3.8) is 0 Å². The van der Waals surface area contributed by atoms with Gasteiger partial charge in [0.2, 0.25) is 0 Å². The molecule has 1 aliphatic carbocycles. The largest absolute Gasteiger partial charge is 0.316 e. The molecule has 0 aromatic carbocycles. The Kier molecular flexibility index (Phi) is 6.83. The van der Waals surface area contributed by atoms with Crippen molar-refractivity contribution in [3.05, 3.63) is 0 Å². The van der Waals surface area contributed by atoms with Gasteiger partial charge in [-0.3, -0.25) is 0 Å². The second-order valence-corrected chi connectivity index (χ2v) is 6.64. The van der Waals surface area contributed by atoms with E-state index in [4.69, 9.17) is 0 Å². The van der Waals surface area contributed by atoms with Crippen molar-refractivity contribution in [2.24, 2.45) is 11.8 Å². The molecule has 2 heteroatoms. The molecule has 0 aliphatic heterocycles. The van der Waals surface area contributed by atoms with E-state index in [0.717, 1.165) is 23.1 Å². The molecular weight excluding hydrogens is 214 g/mol. The van der Waals surface area contributed by atoms with Crippen LogP contribution in [0.2, 0.25) is 0 Å². The quantitative estimate of drug-likeness (QED) is 0.758. The average molecular weight is 243 g/mol. The second-order valence-electron chi connectivity index (χ2n) is 5.37. The molecule has 0 aromatic heterocycles. The maximum Gasteiger partial charge on any atom is 0.0203 e. The van der Waals surface area contributed by atoms with E-state index in [1.54, 1.807) is 0 Å². The van der Waals surface area contributed by atoms with Gasteiger partial charge >= 0.3 is 0 Å². The Balaban J connectivity index is 2.39. The van der Waals surface area contributed by atoms with Crippen molar-refractivity contribution in [1.82, 2.24) is 5.32 Å². The first-order chi connectivity index (χ1) is 7.71. The molecule has 16 heavy (non-hydrogen) atoms. The van der Waals surface area contributed by atoms with Crippen LogP contribution in [0.25, 0.3) is 0 Å². The lowest BCUT2D eigenvalue weighted by Gasteiger charge is -2.35. The molecule has 1 fully saturated rings. The number of thioether (sulfide) groups is 1. The molecule has 1 nitrogen and oxygen atoms in total. The lowest BCUT2D eigenvalue weighted by atomic mass is 9.84. The van der Waals surface area contributed by atoms with Crippen LogP contribution in [-0.2, 0) is 0 Å². The van der Waals surface area contributed by atoms with E-state index < -0.39 is 0 Å². The van der Waals surface area contributed by atoms with Crippen LogP contribution in [0.5, 0.6) is 0 Å². The third kappa shape index (κ3) is 4.29. The fraction of sp³-hybridized carbons (Fsp3) is 1.00. The molecular formula is C14H29NS. The van der Waals surface area contributed by atoms with Gasteiger partial charge in [-0.15, -0.1) is 0 Å². The molecule has 0 saturated heterocycles. The average Bonchev–Trinajstić information content (AvgIpc) is 2.35. The van der Waals surface area contributed by atoms with Crippen LogP contribution < -0.4 is 5.32 Å². The fourth-order valence-electron chi connectivity index (χ4n) is 2.50. The Hall–Kier alpha value is 0.310. The normalized spacial score (nSPS) is 32.6. The highest BCUT2D eigenvalue weighted by Crippen LogP contribution is 2.34. The van der Waals surface area contributed by atoms with Crippen LogP contribution in [0.15, 0.2) is 0 Å². The van der Waals surface area contributed by atoms with Gasteiger partial charge < -0.3 is 5.32 Å². The summed E-state index contributed by atoms with van der Waals surface area (Å²) in [4.78, 5) is 0. The highest BCUT2D eigenvalue weighted by Gasteiger charge is 2.29. The number of hydrogen-bond acceptors (Lipinski definition) is 2. The van der Waals surface area contributed by atoms with Gasteiger partial charge in [0.15, 0.2) is 0 Å². The molecule has 0 bridgehead atoms. The molecule has 0 spiro atoms. The van der Waals surface area contributed by atoms with Gasteiger partial charge in [-0.1, -0.05) is 33.6 Å². The molecule has 4 atom stereocenters. The Labute approximate surface area is 106 Å². The number of nitrogens with one attached hydrogen (secondary N) is 1. The predicted octanol–water partition coefficient (Wildman–Crippen LogP) is 3.93. The zero-order valence-corrected chi connectivity index (χ0v) is 12.3. The minimum absolute atomic E-state index is 0.761. The smallest absolute Gasteiger partial charge is 0.0203 e. The lowest BCUT2D eigenvalue weighted by Crippen LogP contribution is -2.41. The first-order valence-corrected chi connectivity index (χ1v) is 8.04. The van der Waals surface area contributed by atoms with E-state index in [2.05, 4.69) is 44.9 Å². The second kappa shape index (κ2) is 7.60. The zero-order chi connectivity index (χ0) is 12.0. The SMILES string of the molecule is CCC(C)CSC1CC(CC)CCC1NC. The predicted molar refractivity (Wildman–Crippen MR) is 76.2 cm³/mol. The van der Waals surface area contributed by atoms with Crippen molar-refractivity contribution in [2.75, 3.05) is 12.8 Å². The van der Waals surface area contributed by atoms with Gasteiger partial charge in [0, 0.05) is 11.3 Å². The van der Waals surface area contributed by atoms with Crippen molar-refractivity contribution < 1.29 is 0 Å². The highest BCUT2D eigenvalue weighted by molar-refractivity contribution is 7.99. The van der Waals surface area contributed by atoms with Crippen molar-refractivity contribution in [1.29, 1.82) is 0 Å². The van der Waals surface area contributed by atoms with Crippen LogP contribution in [-0.4, -0.2) is 24.1 Å². The molecule has 0 heterocycles. The van der Waals surface area contributed by atoms with Crippen molar-refractivity contribution in [2.45, 2.75) is 64.2 Å². The van der Waals surface area contributed by atoms with Crippen molar-refractivity contribution >= 4 is 11.8 Å². The molecule has 1 rings (SSSR count). The molecule has 4 unspecified atom stereocenters. The molecule has 0 amide bonds. The summed E-state index contributed by atoms with van der Waals surface area (Å²) in [5, 5.41) is 4.38. The van der Waals surface area contributed by atoms with E-state index in [9.17, 15) is 0 Å². The van der Waals surface area contributed by atoms with Gasteiger partial charge in [-0.2, -0.15) is 11.8 Å². The minimum atomic E-state index is 0.761. The maximum atomic E-state index is 3.52. The Morgan fingerprint density at radius 1 is 1.31 bits per heavy atom. The Morgan fingerprint density at radius 3 is 2.62 bits per heavy atom. The van der Waals surface area contributed by atoms with E-state index in [-0.39, 0.29) is 0 Å². The van der Waals surface area contributed by atoms with E-state index in [1.807, 2.05) is 0 Å². The summed E-state index contributed by atoms with van der Waals surface area (Å²) < 4.78 is 0. The first-order valence-electron chi connectivity index (χ1n) is 7.00. The van der Waals surface area contributed by atoms with Crippen molar-refractivity contribution in [3.8, 4) is 0 Å². The summed E-state index contributed by atoms with van der Waals surface area (Å²) >= 11 is 2.22. The minimum Gasteiger partial charge on any atom is -0.316 e. The Morgan fingerprint density at radius 2 is 2.06 bits per heavy atom. The molecule has 1 aliphatic rings. The number of rotatable bonds is 6. The van der Waals surface area contributed by atoms with Crippen LogP contribution in [0, 0.1) is 11.8 Å². The van der Waals surface area contributed by atoms with E-state index in [0.29, 0.717) is 0 Å². The van der Waals surface area contributed by atoms with Crippen LogP contribution in [0.4, 0.5) is 0 Å². The Bertz CT molecular complexity index is 184. The fourth-order valence-corrected chi connectivity index (χ4v) is 4.23. The van der Waals surface area contributed by atoms with Gasteiger partial charge in [-0.05, 0) is 43.9 Å². The summed E-state index contributed by atoms with van der Waals surface area (Å²) in [6.45, 7) is 7.03. The summed E-state index contributed by atoms with van der Waals surface area (Å²) in [6, 6.07) is 0.761. The molecule has 96 valence electrons. The maximum absolute atomic E-state index is 3.52. The lowest BCUT2D eigenvalue weighted by molar-refractivity contribution is 0.304. The van der Waals surface area contributed by atoms with Gasteiger partial charge in [-0.25, -0.2) is 0 Å². The van der Waals surface area contributed by atoms with E-state index in [1.165, 1.54) is 37.9 Å². The summed E-state index contributed by atoms with van der Waals surface area (Å²) in [7, 11) is 2.13. The standard InChI is InChI=1S/C14H29NS/c1-5-11(3)10-16-14-9-12(6-2)7-8-13(14)15-4/h11-15H,5-10H2,1-4H3. The molecule has 1 saturated carbocycles. The van der Waals surface area contributed by atoms with Gasteiger partial charge in [0.25, 0.3) is 0 Å². The summed E-state index contributed by atoms with van der Waals surface area (Å²) in [5.74, 6) is 3.21. The first kappa shape index (κ1) is 14.4. The molecule has 0 aromatic rings. The summed E-state index contributed by atoms with van der Waals surface area (Å²) in [6.07, 6.45) is 6.94. The molecule has 0 radical (unpaired) electrons. The third-order valence-corrected chi connectivity index (χ3v) is 5.85.